The van der Waals surface area contributed by atoms with Gasteiger partial charge in [-0.25, -0.2) is 53.2 Å². The molecule has 2 aliphatic rings. The highest BCUT2D eigenvalue weighted by atomic mass is 35.5. The van der Waals surface area contributed by atoms with Crippen LogP contribution in [0.1, 0.15) is 55.6 Å². The van der Waals surface area contributed by atoms with Crippen molar-refractivity contribution in [1.29, 1.82) is 0 Å². The highest BCUT2D eigenvalue weighted by Gasteiger charge is 2.30. The minimum absolute atomic E-state index is 0.0634. The molecule has 0 saturated carbocycles. The van der Waals surface area contributed by atoms with Crippen molar-refractivity contribution in [3.05, 3.63) is 367 Å². The van der Waals surface area contributed by atoms with Crippen molar-refractivity contribution in [2.45, 2.75) is 54.7 Å². The molecule has 125 heavy (non-hydrogen) atoms. The van der Waals surface area contributed by atoms with Crippen LogP contribution in [0.25, 0.3) is 44.7 Å². The number of sulfone groups is 2. The van der Waals surface area contributed by atoms with Crippen LogP contribution in [0.3, 0.4) is 0 Å². The number of halogens is 6. The minimum Gasteiger partial charge on any atom is -0.481 e. The molecule has 0 amide bonds. The monoisotopic (exact) mass is 1810 g/mol. The number of esters is 2. The van der Waals surface area contributed by atoms with Crippen molar-refractivity contribution >= 4 is 151 Å². The molecule has 8 N–H and O–H groups in total. The van der Waals surface area contributed by atoms with E-state index in [1.807, 2.05) is 136 Å². The topological polar surface area (TPSA) is 355 Å². The van der Waals surface area contributed by atoms with Crippen LogP contribution in [0.4, 0.5) is 47.3 Å². The summed E-state index contributed by atoms with van der Waals surface area (Å²) in [5.41, 5.74) is 15.6. The largest absolute Gasteiger partial charge is 0.481 e. The van der Waals surface area contributed by atoms with Gasteiger partial charge in [0.25, 0.3) is 0 Å². The molecule has 15 rings (SSSR count). The lowest BCUT2D eigenvalue weighted by atomic mass is 9.97. The summed E-state index contributed by atoms with van der Waals surface area (Å²) in [7, 11) is -10.2. The average molecular weight is 1810 g/mol. The molecule has 13 aromatic rings. The van der Waals surface area contributed by atoms with Gasteiger partial charge in [-0.3, -0.25) is 14.4 Å². The zero-order chi connectivity index (χ0) is 90.5. The summed E-state index contributed by atoms with van der Waals surface area (Å²) < 4.78 is 125. The maximum Gasteiger partial charge on any atom is 0.339 e. The highest BCUT2D eigenvalue weighted by Crippen LogP contribution is 2.39. The van der Waals surface area contributed by atoms with E-state index in [9.17, 15) is 62.4 Å². The molecule has 2 aliphatic heterocycles. The molecule has 0 aliphatic carbocycles. The van der Waals surface area contributed by atoms with Crippen molar-refractivity contribution in [1.82, 2.24) is 5.16 Å². The number of anilines is 6. The van der Waals surface area contributed by atoms with Gasteiger partial charge in [-0.1, -0.05) is 239 Å². The third kappa shape index (κ3) is 26.1. The molecule has 642 valence electrons. The predicted molar refractivity (Wildman–Crippen MR) is 478 cm³/mol. The van der Waals surface area contributed by atoms with Crippen LogP contribution < -0.4 is 21.1 Å². The maximum atomic E-state index is 13.7. The van der Waals surface area contributed by atoms with Gasteiger partial charge in [0.15, 0.2) is 19.7 Å². The van der Waals surface area contributed by atoms with E-state index < -0.39 is 65.1 Å². The van der Waals surface area contributed by atoms with E-state index in [2.05, 4.69) is 21.1 Å². The zero-order valence-electron chi connectivity index (χ0n) is 67.2. The lowest BCUT2D eigenvalue weighted by molar-refractivity contribution is -0.137. The first-order chi connectivity index (χ1) is 59.4. The van der Waals surface area contributed by atoms with Crippen LogP contribution in [0, 0.1) is 38.2 Å². The SMILES string of the molecule is CS(=O)(=O)c1ccc(C2=C(c3ccccc3)C(=O)OC2)cc1.CS(=O)(=O)c1ccc(C2=C(c3ccccc3)C(=O)OC2)cc1.Cc1ccc(Nc2c(Cl)cccc2Cl)c(CC(=O)O)c1.Cc1ccc(Nc2c(F)cccc2Cl)c(CC(=O)O)c1.Cc1ccc(Nc2c(F)cccc2F)c(CC(=O)O)c1.NS(=O)(=O)c1ccc(-c2conc2-c2ccccc2)cc1. The Bertz CT molecular complexity index is 6090. The van der Waals surface area contributed by atoms with Crippen LogP contribution in [0.2, 0.25) is 15.1 Å². The number of aromatic nitrogens is 1. The molecular formula is C94H79Cl3F3N5O17S3. The van der Waals surface area contributed by atoms with Crippen molar-refractivity contribution < 1.29 is 91.7 Å². The second kappa shape index (κ2) is 42.6. The first-order valence-corrected chi connectivity index (χ1v) is 44.1. The Morgan fingerprint density at radius 1 is 0.400 bits per heavy atom. The fraction of sp³-hybridized carbons (Fsp3) is 0.106. The number of hydrogen-bond donors (Lipinski definition) is 7. The van der Waals surface area contributed by atoms with Crippen molar-refractivity contribution in [2.75, 3.05) is 41.7 Å². The molecule has 1 aromatic heterocycles. The molecule has 0 fully saturated rings. The Labute approximate surface area is 733 Å². The van der Waals surface area contributed by atoms with Gasteiger partial charge in [0.1, 0.15) is 48.3 Å². The number of carbonyl (C=O) groups excluding carboxylic acids is 2. The molecule has 0 unspecified atom stereocenters. The standard InChI is InChI=1S/2C17H14O4S.C15H13Cl2NO2.C15H13ClFNO2.C15H13F2NO2.C15H12N2O3S/c2*1-22(19,20)14-9-7-12(8-10-14)15-11-21-17(18)16(15)13-5-3-2-4-6-13;3*1-9-5-6-13(10(7-9)8-14(19)20)18-15-11(16)3-2-4-12(15)17;16-21(18,19)13-8-6-11(7-9-13)14-10-20-17-15(14)12-4-2-1-3-5-12/h2*2-10H,11H2,1H3;3*2-7,18H,8H2,1H3,(H,19,20);1-10H,(H2,16,18,19). The van der Waals surface area contributed by atoms with Gasteiger partial charge in [-0.2, -0.15) is 0 Å². The van der Waals surface area contributed by atoms with E-state index in [-0.39, 0.29) is 75.5 Å². The quantitative estimate of drug-likeness (QED) is 0.0329. The number of benzene rings is 12. The maximum absolute atomic E-state index is 13.7. The molecule has 0 saturated heterocycles. The Hall–Kier alpha value is -13.5. The number of carbonyl (C=O) groups is 5. The molecule has 0 radical (unpaired) electrons. The smallest absolute Gasteiger partial charge is 0.339 e. The number of carboxylic acid groups (broad SMARTS) is 3. The first kappa shape index (κ1) is 93.8. The molecular weight excluding hydrogens is 1730 g/mol. The molecule has 12 aromatic carbocycles. The highest BCUT2D eigenvalue weighted by molar-refractivity contribution is 7.91. The lowest BCUT2D eigenvalue weighted by Crippen LogP contribution is -2.11. The first-order valence-electron chi connectivity index (χ1n) is 37.6. The second-order valence-electron chi connectivity index (χ2n) is 28.1. The molecule has 3 heterocycles. The van der Waals surface area contributed by atoms with E-state index in [1.54, 1.807) is 115 Å². The van der Waals surface area contributed by atoms with Crippen LogP contribution in [-0.4, -0.2) is 101 Å². The number of nitrogens with two attached hydrogens (primary N) is 1. The van der Waals surface area contributed by atoms with Crippen LogP contribution in [0.15, 0.2) is 298 Å². The van der Waals surface area contributed by atoms with E-state index >= 15 is 0 Å². The van der Waals surface area contributed by atoms with Crippen molar-refractivity contribution in [2.24, 2.45) is 5.14 Å². The van der Waals surface area contributed by atoms with Gasteiger partial charge in [0.05, 0.1) is 71.5 Å². The number of ether oxygens (including phenoxy) is 2. The van der Waals surface area contributed by atoms with Gasteiger partial charge < -0.3 is 45.3 Å². The van der Waals surface area contributed by atoms with E-state index in [0.29, 0.717) is 66.3 Å². The third-order valence-corrected chi connectivity index (χ3v) is 22.8. The lowest BCUT2D eigenvalue weighted by Gasteiger charge is -2.14. The number of primary sulfonamides is 1. The van der Waals surface area contributed by atoms with Gasteiger partial charge in [-0.15, -0.1) is 0 Å². The van der Waals surface area contributed by atoms with Crippen LogP contribution >= 0.6 is 34.8 Å². The molecule has 31 heteroatoms. The molecule has 0 spiro atoms. The number of hydrogen-bond acceptors (Lipinski definition) is 18. The number of rotatable bonds is 21. The number of cyclic esters (lactones) is 2. The zero-order valence-corrected chi connectivity index (χ0v) is 71.9. The molecule has 0 bridgehead atoms. The number of carboxylic acids is 3. The Kier molecular flexibility index (Phi) is 31.9. The van der Waals surface area contributed by atoms with E-state index in [1.165, 1.54) is 49.1 Å². The number of aryl methyl sites for hydroxylation is 3. The summed E-state index contributed by atoms with van der Waals surface area (Å²) in [6, 6.07) is 76.5. The van der Waals surface area contributed by atoms with Gasteiger partial charge in [0, 0.05) is 51.8 Å². The van der Waals surface area contributed by atoms with E-state index in [0.717, 1.165) is 78.9 Å². The Morgan fingerprint density at radius 3 is 1.08 bits per heavy atom. The van der Waals surface area contributed by atoms with Gasteiger partial charge in [-0.05, 0) is 156 Å². The summed E-state index contributed by atoms with van der Waals surface area (Å²) in [6.45, 7) is 5.99. The van der Waals surface area contributed by atoms with Crippen molar-refractivity contribution in [3.8, 4) is 22.4 Å². The minimum atomic E-state index is -3.69. The van der Waals surface area contributed by atoms with Gasteiger partial charge in [0.2, 0.25) is 10.0 Å². The Balaban J connectivity index is 0.000000157. The summed E-state index contributed by atoms with van der Waals surface area (Å²) in [4.78, 5) is 57.3. The van der Waals surface area contributed by atoms with Crippen LogP contribution in [-0.2, 0) is 82.4 Å². The Morgan fingerprint density at radius 2 is 0.720 bits per heavy atom. The number of para-hydroxylation sites is 3. The number of aliphatic carboxylic acids is 3. The second-order valence-corrected chi connectivity index (χ2v) is 34.9. The summed E-state index contributed by atoms with van der Waals surface area (Å²) in [6.07, 6.45) is 3.44. The summed E-state index contributed by atoms with van der Waals surface area (Å²) in [5, 5.41) is 45.7. The molecule has 22 nitrogen and oxygen atoms in total. The van der Waals surface area contributed by atoms with Crippen molar-refractivity contribution in [3.63, 3.8) is 0 Å². The summed E-state index contributed by atoms with van der Waals surface area (Å²) in [5.74, 6) is -5.49. The normalized spacial score (nSPS) is 12.2. The third-order valence-electron chi connectivity index (χ3n) is 18.7. The summed E-state index contributed by atoms with van der Waals surface area (Å²) >= 11 is 18.2. The molecule has 0 atom stereocenters. The number of sulfonamides is 1. The number of nitrogens with zero attached hydrogens (tertiary/aromatic N) is 1. The number of nitrogens with one attached hydrogen (secondary N) is 3. The fourth-order valence-electron chi connectivity index (χ4n) is 12.7. The predicted octanol–water partition coefficient (Wildman–Crippen LogP) is 20.2. The van der Waals surface area contributed by atoms with E-state index in [4.69, 9.17) is 69.3 Å². The fourth-order valence-corrected chi connectivity index (χ4v) is 15.1. The van der Waals surface area contributed by atoms with Gasteiger partial charge >= 0.3 is 29.8 Å². The average Bonchev–Trinajstić information content (AvgIpc) is 1.67. The van der Waals surface area contributed by atoms with Crippen LogP contribution in [0.5, 0.6) is 0 Å².